The molecule has 0 fully saturated rings. The normalized spacial score (nSPS) is 11.3. The van der Waals surface area contributed by atoms with E-state index in [1.54, 1.807) is 24.3 Å². The summed E-state index contributed by atoms with van der Waals surface area (Å²) in [6.07, 6.45) is -3.62. The molecule has 0 spiro atoms. The number of alkyl halides is 3. The predicted molar refractivity (Wildman–Crippen MR) is 101 cm³/mol. The average Bonchev–Trinajstić information content (AvgIpc) is 2.67. The summed E-state index contributed by atoms with van der Waals surface area (Å²) in [5.74, 6) is 0.576. The summed E-state index contributed by atoms with van der Waals surface area (Å²) in [5.41, 5.74) is 0.822. The minimum Gasteiger partial charge on any atom is -0.457 e. The standard InChI is InChI=1S/C22H19F4NO/c1-2-15-5-3-7-19(11-15)28-20-8-4-6-18(13-20)27-14-16-12-17(22(24,25)26)9-10-21(16)23/h3-13,27H,2,14H2,1H3. The van der Waals surface area contributed by atoms with Crippen LogP contribution in [0.25, 0.3) is 0 Å². The zero-order valence-electron chi connectivity index (χ0n) is 15.2. The zero-order valence-corrected chi connectivity index (χ0v) is 15.2. The lowest BCUT2D eigenvalue weighted by atomic mass is 10.1. The number of hydrogen-bond acceptors (Lipinski definition) is 2. The Morgan fingerprint density at radius 1 is 0.893 bits per heavy atom. The van der Waals surface area contributed by atoms with Crippen LogP contribution in [0.1, 0.15) is 23.6 Å². The Balaban J connectivity index is 1.71. The van der Waals surface area contributed by atoms with Crippen LogP contribution in [0.15, 0.2) is 66.7 Å². The van der Waals surface area contributed by atoms with E-state index in [-0.39, 0.29) is 12.1 Å². The molecule has 0 aliphatic rings. The van der Waals surface area contributed by atoms with Crippen LogP contribution in [-0.2, 0) is 19.1 Å². The van der Waals surface area contributed by atoms with Gasteiger partial charge in [-0.3, -0.25) is 0 Å². The quantitative estimate of drug-likeness (QED) is 0.468. The van der Waals surface area contributed by atoms with Crippen LogP contribution in [0, 0.1) is 5.82 Å². The van der Waals surface area contributed by atoms with Gasteiger partial charge in [-0.2, -0.15) is 13.2 Å². The Labute approximate surface area is 160 Å². The smallest absolute Gasteiger partial charge is 0.416 e. The van der Waals surface area contributed by atoms with Crippen LogP contribution in [0.5, 0.6) is 11.5 Å². The Morgan fingerprint density at radius 3 is 2.32 bits per heavy atom. The van der Waals surface area contributed by atoms with E-state index in [9.17, 15) is 17.6 Å². The van der Waals surface area contributed by atoms with E-state index in [4.69, 9.17) is 4.74 Å². The first kappa shape index (κ1) is 19.7. The Kier molecular flexibility index (Phi) is 5.87. The molecule has 0 aromatic heterocycles. The molecule has 0 atom stereocenters. The third-order valence-electron chi connectivity index (χ3n) is 4.23. The predicted octanol–water partition coefficient (Wildman–Crippen LogP) is 6.81. The van der Waals surface area contributed by atoms with E-state index in [1.807, 2.05) is 24.3 Å². The number of halogens is 4. The maximum Gasteiger partial charge on any atom is 0.416 e. The highest BCUT2D eigenvalue weighted by Gasteiger charge is 2.31. The van der Waals surface area contributed by atoms with Crippen molar-refractivity contribution in [1.82, 2.24) is 0 Å². The molecule has 146 valence electrons. The van der Waals surface area contributed by atoms with Crippen molar-refractivity contribution in [2.75, 3.05) is 5.32 Å². The Morgan fingerprint density at radius 2 is 1.61 bits per heavy atom. The molecular formula is C22H19F4NO. The van der Waals surface area contributed by atoms with Gasteiger partial charge >= 0.3 is 6.18 Å². The van der Waals surface area contributed by atoms with Gasteiger partial charge < -0.3 is 10.1 Å². The van der Waals surface area contributed by atoms with Gasteiger partial charge in [0.15, 0.2) is 0 Å². The minimum absolute atomic E-state index is 0.0585. The molecular weight excluding hydrogens is 370 g/mol. The fraction of sp³-hybridized carbons (Fsp3) is 0.182. The van der Waals surface area contributed by atoms with Gasteiger partial charge in [-0.25, -0.2) is 4.39 Å². The Hall–Kier alpha value is -3.02. The molecule has 0 amide bonds. The first-order valence-corrected chi connectivity index (χ1v) is 8.81. The third kappa shape index (κ3) is 5.03. The second kappa shape index (κ2) is 8.33. The number of ether oxygens (including phenoxy) is 1. The van der Waals surface area contributed by atoms with Gasteiger partial charge in [0.25, 0.3) is 0 Å². The highest BCUT2D eigenvalue weighted by Crippen LogP contribution is 2.31. The summed E-state index contributed by atoms with van der Waals surface area (Å²) >= 11 is 0. The molecule has 0 saturated carbocycles. The molecule has 0 heterocycles. The molecule has 0 aliphatic carbocycles. The van der Waals surface area contributed by atoms with Crippen molar-refractivity contribution >= 4 is 5.69 Å². The fourth-order valence-electron chi connectivity index (χ4n) is 2.72. The van der Waals surface area contributed by atoms with Crippen LogP contribution in [-0.4, -0.2) is 0 Å². The van der Waals surface area contributed by atoms with Crippen molar-refractivity contribution in [3.05, 3.63) is 89.2 Å². The fourth-order valence-corrected chi connectivity index (χ4v) is 2.72. The van der Waals surface area contributed by atoms with Crippen LogP contribution in [0.2, 0.25) is 0 Å². The minimum atomic E-state index is -4.51. The lowest BCUT2D eigenvalue weighted by molar-refractivity contribution is -0.137. The second-order valence-electron chi connectivity index (χ2n) is 6.29. The van der Waals surface area contributed by atoms with Gasteiger partial charge in [-0.15, -0.1) is 0 Å². The average molecular weight is 389 g/mol. The number of benzene rings is 3. The molecule has 2 nitrogen and oxygen atoms in total. The monoisotopic (exact) mass is 389 g/mol. The molecule has 3 aromatic rings. The first-order chi connectivity index (χ1) is 13.3. The van der Waals surface area contributed by atoms with Gasteiger partial charge in [-0.1, -0.05) is 25.1 Å². The first-order valence-electron chi connectivity index (χ1n) is 8.81. The van der Waals surface area contributed by atoms with Gasteiger partial charge in [0.2, 0.25) is 0 Å². The largest absolute Gasteiger partial charge is 0.457 e. The van der Waals surface area contributed by atoms with Gasteiger partial charge in [0, 0.05) is 23.9 Å². The topological polar surface area (TPSA) is 21.3 Å². The van der Waals surface area contributed by atoms with E-state index >= 15 is 0 Å². The van der Waals surface area contributed by atoms with Crippen molar-refractivity contribution in [1.29, 1.82) is 0 Å². The lowest BCUT2D eigenvalue weighted by Crippen LogP contribution is -2.08. The summed E-state index contributed by atoms with van der Waals surface area (Å²) in [7, 11) is 0. The number of hydrogen-bond donors (Lipinski definition) is 1. The summed E-state index contributed by atoms with van der Waals surface area (Å²) < 4.78 is 58.2. The molecule has 6 heteroatoms. The van der Waals surface area contributed by atoms with Crippen molar-refractivity contribution in [2.24, 2.45) is 0 Å². The number of rotatable bonds is 6. The summed E-state index contributed by atoms with van der Waals surface area (Å²) in [6.45, 7) is 1.97. The SMILES string of the molecule is CCc1cccc(Oc2cccc(NCc3cc(C(F)(F)F)ccc3F)c2)c1. The molecule has 3 aromatic carbocycles. The number of aryl methyl sites for hydroxylation is 1. The van der Waals surface area contributed by atoms with Crippen molar-refractivity contribution < 1.29 is 22.3 Å². The lowest BCUT2D eigenvalue weighted by Gasteiger charge is -2.12. The van der Waals surface area contributed by atoms with Crippen molar-refractivity contribution in [3.63, 3.8) is 0 Å². The molecule has 28 heavy (non-hydrogen) atoms. The Bertz CT molecular complexity index is 953. The second-order valence-corrected chi connectivity index (χ2v) is 6.29. The van der Waals surface area contributed by atoms with Gasteiger partial charge in [0.1, 0.15) is 17.3 Å². The van der Waals surface area contributed by atoms with E-state index in [2.05, 4.69) is 12.2 Å². The molecule has 0 aliphatic heterocycles. The van der Waals surface area contributed by atoms with Crippen molar-refractivity contribution in [3.8, 4) is 11.5 Å². The molecule has 0 unspecified atom stereocenters. The summed E-state index contributed by atoms with van der Waals surface area (Å²) in [6, 6.07) is 17.1. The van der Waals surface area contributed by atoms with Crippen LogP contribution in [0.3, 0.4) is 0 Å². The molecule has 1 N–H and O–H groups in total. The number of nitrogens with one attached hydrogen (secondary N) is 1. The van der Waals surface area contributed by atoms with E-state index < -0.39 is 17.6 Å². The highest BCUT2D eigenvalue weighted by molar-refractivity contribution is 5.50. The van der Waals surface area contributed by atoms with E-state index in [0.29, 0.717) is 17.2 Å². The van der Waals surface area contributed by atoms with Crippen molar-refractivity contribution in [2.45, 2.75) is 26.1 Å². The van der Waals surface area contributed by atoms with Crippen LogP contribution in [0.4, 0.5) is 23.2 Å². The van der Waals surface area contributed by atoms with E-state index in [1.165, 1.54) is 0 Å². The third-order valence-corrected chi connectivity index (χ3v) is 4.23. The highest BCUT2D eigenvalue weighted by atomic mass is 19.4. The molecule has 0 saturated heterocycles. The van der Waals surface area contributed by atoms with Crippen LogP contribution >= 0.6 is 0 Å². The van der Waals surface area contributed by atoms with Gasteiger partial charge in [-0.05, 0) is 54.4 Å². The van der Waals surface area contributed by atoms with Crippen LogP contribution < -0.4 is 10.1 Å². The summed E-state index contributed by atoms with van der Waals surface area (Å²) in [4.78, 5) is 0. The maximum absolute atomic E-state index is 13.9. The molecule has 0 bridgehead atoms. The van der Waals surface area contributed by atoms with Gasteiger partial charge in [0.05, 0.1) is 5.56 Å². The number of anilines is 1. The molecule has 3 rings (SSSR count). The molecule has 0 radical (unpaired) electrons. The summed E-state index contributed by atoms with van der Waals surface area (Å²) in [5, 5.41) is 2.94. The van der Waals surface area contributed by atoms with E-state index in [0.717, 1.165) is 30.2 Å². The zero-order chi connectivity index (χ0) is 20.1. The maximum atomic E-state index is 13.9.